The van der Waals surface area contributed by atoms with Gasteiger partial charge in [-0.15, -0.1) is 0 Å². The Balaban J connectivity index is 1.77. The second kappa shape index (κ2) is 8.69. The highest BCUT2D eigenvalue weighted by atomic mass is 16.6. The highest BCUT2D eigenvalue weighted by Crippen LogP contribution is 2.33. The van der Waals surface area contributed by atoms with E-state index in [2.05, 4.69) is 42.7 Å². The average molecular weight is 397 g/mol. The van der Waals surface area contributed by atoms with E-state index < -0.39 is 18.0 Å². The zero-order valence-electron chi connectivity index (χ0n) is 17.2. The Kier molecular flexibility index (Phi) is 6.27. The molecular formula is C22H27N3O4. The fourth-order valence-corrected chi connectivity index (χ4v) is 3.69. The molecule has 2 aromatic rings. The lowest BCUT2D eigenvalue weighted by atomic mass is 9.85. The van der Waals surface area contributed by atoms with Gasteiger partial charge in [0.15, 0.2) is 5.69 Å². The van der Waals surface area contributed by atoms with Crippen molar-refractivity contribution in [3.05, 3.63) is 60.2 Å². The molecule has 1 saturated heterocycles. The minimum absolute atomic E-state index is 0.0373. The number of likely N-dealkylation sites (tertiary alicyclic amines) is 1. The molecule has 1 aliphatic rings. The monoisotopic (exact) mass is 397 g/mol. The molecule has 1 aromatic heterocycles. The van der Waals surface area contributed by atoms with E-state index >= 15 is 0 Å². The van der Waals surface area contributed by atoms with Gasteiger partial charge in [0.1, 0.15) is 6.10 Å². The topological polar surface area (TPSA) is 81.6 Å². The van der Waals surface area contributed by atoms with Gasteiger partial charge >= 0.3 is 11.9 Å². The van der Waals surface area contributed by atoms with Gasteiger partial charge in [-0.25, -0.2) is 14.6 Å². The van der Waals surface area contributed by atoms with Crippen molar-refractivity contribution in [2.24, 2.45) is 0 Å². The second-order valence-electron chi connectivity index (χ2n) is 8.06. The quantitative estimate of drug-likeness (QED) is 0.717. The normalized spacial score (nSPS) is 22.5. The smallest absolute Gasteiger partial charge is 0.359 e. The number of carbonyl (C=O) groups is 2. The van der Waals surface area contributed by atoms with Gasteiger partial charge < -0.3 is 9.47 Å². The van der Waals surface area contributed by atoms with Crippen LogP contribution in [0, 0.1) is 0 Å². The van der Waals surface area contributed by atoms with Crippen molar-refractivity contribution in [1.82, 2.24) is 14.9 Å². The first kappa shape index (κ1) is 20.9. The number of hydrogen-bond donors (Lipinski definition) is 0. The Labute approximate surface area is 171 Å². The van der Waals surface area contributed by atoms with E-state index in [0.717, 1.165) is 6.42 Å². The number of carbonyl (C=O) groups excluding carboxylic acids is 2. The van der Waals surface area contributed by atoms with Gasteiger partial charge in [0, 0.05) is 36.0 Å². The molecule has 3 atom stereocenters. The lowest BCUT2D eigenvalue weighted by Gasteiger charge is -2.47. The fourth-order valence-electron chi connectivity index (χ4n) is 3.69. The molecular weight excluding hydrogens is 370 g/mol. The van der Waals surface area contributed by atoms with Gasteiger partial charge in [-0.3, -0.25) is 9.88 Å². The van der Waals surface area contributed by atoms with Crippen LogP contribution in [0.25, 0.3) is 0 Å². The number of nitrogens with zero attached hydrogens (tertiary/aromatic N) is 3. The molecule has 0 radical (unpaired) electrons. The van der Waals surface area contributed by atoms with Crippen LogP contribution in [-0.4, -0.2) is 51.5 Å². The van der Waals surface area contributed by atoms with Gasteiger partial charge in [0.2, 0.25) is 6.10 Å². The third-order valence-corrected chi connectivity index (χ3v) is 5.54. The van der Waals surface area contributed by atoms with E-state index in [-0.39, 0.29) is 23.4 Å². The van der Waals surface area contributed by atoms with Gasteiger partial charge in [0.05, 0.1) is 6.20 Å². The first-order chi connectivity index (χ1) is 13.8. The van der Waals surface area contributed by atoms with Gasteiger partial charge in [-0.05, 0) is 34.2 Å². The number of hydrogen-bond acceptors (Lipinski definition) is 7. The molecule has 1 fully saturated rings. The van der Waals surface area contributed by atoms with Crippen molar-refractivity contribution >= 4 is 11.9 Å². The summed E-state index contributed by atoms with van der Waals surface area (Å²) in [4.78, 5) is 35.6. The van der Waals surface area contributed by atoms with Crippen molar-refractivity contribution in [1.29, 1.82) is 0 Å². The third kappa shape index (κ3) is 4.98. The molecule has 3 unspecified atom stereocenters. The summed E-state index contributed by atoms with van der Waals surface area (Å²) in [5.74, 6) is -1.30. The lowest BCUT2D eigenvalue weighted by molar-refractivity contribution is -0.166. The summed E-state index contributed by atoms with van der Waals surface area (Å²) in [6.45, 7) is 6.38. The summed E-state index contributed by atoms with van der Waals surface area (Å²) in [6.07, 6.45) is 4.19. The summed E-state index contributed by atoms with van der Waals surface area (Å²) < 4.78 is 11.3. The molecule has 0 saturated carbocycles. The van der Waals surface area contributed by atoms with Gasteiger partial charge in [-0.1, -0.05) is 30.3 Å². The van der Waals surface area contributed by atoms with Crippen LogP contribution >= 0.6 is 0 Å². The van der Waals surface area contributed by atoms with Crippen molar-refractivity contribution in [3.8, 4) is 0 Å². The summed E-state index contributed by atoms with van der Waals surface area (Å²) in [5, 5.41) is 0. The number of aromatic nitrogens is 2. The van der Waals surface area contributed by atoms with Crippen molar-refractivity contribution in [2.45, 2.75) is 57.4 Å². The Morgan fingerprint density at radius 1 is 1.21 bits per heavy atom. The van der Waals surface area contributed by atoms with Crippen LogP contribution in [0.4, 0.5) is 0 Å². The predicted molar refractivity (Wildman–Crippen MR) is 107 cm³/mol. The van der Waals surface area contributed by atoms with Gasteiger partial charge in [0.25, 0.3) is 0 Å². The molecule has 0 amide bonds. The molecule has 7 heteroatoms. The SMILES string of the molecule is CC1CC(OC(=O)C(OC(=O)c2cnccn2)c2ccccc2)CC(C)(C)N1C. The summed E-state index contributed by atoms with van der Waals surface area (Å²) in [5.41, 5.74) is 0.492. The van der Waals surface area contributed by atoms with Crippen LogP contribution in [0.5, 0.6) is 0 Å². The summed E-state index contributed by atoms with van der Waals surface area (Å²) in [7, 11) is 2.08. The lowest BCUT2D eigenvalue weighted by Crippen LogP contribution is -2.54. The number of ether oxygens (including phenoxy) is 2. The Bertz CT molecular complexity index is 842. The van der Waals surface area contributed by atoms with Crippen molar-refractivity contribution in [2.75, 3.05) is 7.05 Å². The van der Waals surface area contributed by atoms with Crippen LogP contribution in [0.2, 0.25) is 0 Å². The third-order valence-electron chi connectivity index (χ3n) is 5.54. The number of esters is 2. The first-order valence-electron chi connectivity index (χ1n) is 9.73. The molecule has 0 spiro atoms. The fraction of sp³-hybridized carbons (Fsp3) is 0.455. The zero-order valence-corrected chi connectivity index (χ0v) is 17.2. The molecule has 2 heterocycles. The molecule has 0 N–H and O–H groups in total. The second-order valence-corrected chi connectivity index (χ2v) is 8.06. The van der Waals surface area contributed by atoms with E-state index in [1.807, 2.05) is 6.07 Å². The maximum Gasteiger partial charge on any atom is 0.359 e. The minimum Gasteiger partial charge on any atom is -0.459 e. The van der Waals surface area contributed by atoms with Crippen LogP contribution in [-0.2, 0) is 14.3 Å². The van der Waals surface area contributed by atoms with Crippen LogP contribution in [0.1, 0.15) is 55.8 Å². The summed E-state index contributed by atoms with van der Waals surface area (Å²) in [6, 6.07) is 9.14. The van der Waals surface area contributed by atoms with Crippen LogP contribution < -0.4 is 0 Å². The maximum absolute atomic E-state index is 13.0. The molecule has 154 valence electrons. The predicted octanol–water partition coefficient (Wildman–Crippen LogP) is 3.18. The van der Waals surface area contributed by atoms with E-state index in [9.17, 15) is 9.59 Å². The van der Waals surface area contributed by atoms with Crippen molar-refractivity contribution in [3.63, 3.8) is 0 Å². The Morgan fingerprint density at radius 2 is 1.93 bits per heavy atom. The molecule has 3 rings (SSSR count). The van der Waals surface area contributed by atoms with E-state index in [1.165, 1.54) is 18.6 Å². The molecule has 7 nitrogen and oxygen atoms in total. The summed E-state index contributed by atoms with van der Waals surface area (Å²) >= 11 is 0. The maximum atomic E-state index is 13.0. The molecule has 1 aromatic carbocycles. The largest absolute Gasteiger partial charge is 0.459 e. The van der Waals surface area contributed by atoms with E-state index in [1.54, 1.807) is 24.3 Å². The van der Waals surface area contributed by atoms with E-state index in [4.69, 9.17) is 9.47 Å². The van der Waals surface area contributed by atoms with Crippen LogP contribution in [0.15, 0.2) is 48.9 Å². The zero-order chi connectivity index (χ0) is 21.0. The molecule has 1 aliphatic heterocycles. The Hall–Kier alpha value is -2.80. The molecule has 29 heavy (non-hydrogen) atoms. The minimum atomic E-state index is -1.16. The van der Waals surface area contributed by atoms with Crippen LogP contribution in [0.3, 0.4) is 0 Å². The Morgan fingerprint density at radius 3 is 2.55 bits per heavy atom. The number of piperidine rings is 1. The molecule has 0 bridgehead atoms. The highest BCUT2D eigenvalue weighted by molar-refractivity contribution is 5.89. The van der Waals surface area contributed by atoms with Gasteiger partial charge in [-0.2, -0.15) is 0 Å². The first-order valence-corrected chi connectivity index (χ1v) is 9.73. The van der Waals surface area contributed by atoms with E-state index in [0.29, 0.717) is 12.0 Å². The number of rotatable bonds is 5. The standard InChI is InChI=1S/C22H27N3O4/c1-15-12-17(13-22(2,3)25(15)4)28-21(27)19(16-8-6-5-7-9-16)29-20(26)18-14-23-10-11-24-18/h5-11,14-15,17,19H,12-13H2,1-4H3. The molecule has 0 aliphatic carbocycles. The highest BCUT2D eigenvalue weighted by Gasteiger charge is 2.39. The van der Waals surface area contributed by atoms with Crippen molar-refractivity contribution < 1.29 is 19.1 Å². The number of benzene rings is 1. The average Bonchev–Trinajstić information content (AvgIpc) is 2.71.